The molecule has 0 spiro atoms. The van der Waals surface area contributed by atoms with Crippen LogP contribution in [0, 0.1) is 0 Å². The first-order valence-electron chi connectivity index (χ1n) is 8.22. The summed E-state index contributed by atoms with van der Waals surface area (Å²) in [6.07, 6.45) is -5.14. The van der Waals surface area contributed by atoms with Crippen LogP contribution in [-0.2, 0) is 16.9 Å². The molecule has 4 nitrogen and oxygen atoms in total. The van der Waals surface area contributed by atoms with E-state index in [9.17, 15) is 23.1 Å². The highest BCUT2D eigenvalue weighted by Crippen LogP contribution is 2.49. The van der Waals surface area contributed by atoms with Gasteiger partial charge in [0.05, 0.1) is 11.3 Å². The van der Waals surface area contributed by atoms with Crippen LogP contribution in [0.5, 0.6) is 0 Å². The zero-order valence-electron chi connectivity index (χ0n) is 14.5. The van der Waals surface area contributed by atoms with Gasteiger partial charge in [-0.1, -0.05) is 47.4 Å². The van der Waals surface area contributed by atoms with Crippen molar-refractivity contribution in [1.29, 1.82) is 0 Å². The van der Waals surface area contributed by atoms with Crippen molar-refractivity contribution in [2.24, 2.45) is 5.16 Å². The number of carboxylic acids is 1. The highest BCUT2D eigenvalue weighted by atomic mass is 35.5. The molecule has 9 heteroatoms. The number of aryl methyl sites for hydroxylation is 1. The molecule has 0 saturated heterocycles. The monoisotopic (exact) mass is 431 g/mol. The molecule has 0 fully saturated rings. The summed E-state index contributed by atoms with van der Waals surface area (Å²) in [4.78, 5) is 16.3. The Bertz CT molecular complexity index is 955. The number of hydrogen-bond donors (Lipinski definition) is 1. The van der Waals surface area contributed by atoms with Crippen LogP contribution in [0.3, 0.4) is 0 Å². The number of alkyl halides is 3. The van der Waals surface area contributed by atoms with Gasteiger partial charge in [0.25, 0.3) is 5.60 Å². The molecule has 1 aliphatic rings. The molecule has 2 aromatic rings. The van der Waals surface area contributed by atoms with Gasteiger partial charge in [0.2, 0.25) is 0 Å². The number of halogens is 5. The zero-order valence-corrected chi connectivity index (χ0v) is 16.0. The van der Waals surface area contributed by atoms with Crippen LogP contribution in [0.2, 0.25) is 10.0 Å². The van der Waals surface area contributed by atoms with Crippen molar-refractivity contribution in [3.8, 4) is 0 Å². The van der Waals surface area contributed by atoms with Crippen molar-refractivity contribution in [3.05, 3.63) is 68.7 Å². The summed E-state index contributed by atoms with van der Waals surface area (Å²) < 4.78 is 42.2. The number of hydrogen-bond acceptors (Lipinski definition) is 3. The third kappa shape index (κ3) is 3.56. The van der Waals surface area contributed by atoms with Gasteiger partial charge in [-0.2, -0.15) is 13.2 Å². The molecule has 1 atom stereocenters. The number of carbonyl (C=O) groups is 1. The fraction of sp³-hybridized carbons (Fsp3) is 0.263. The Balaban J connectivity index is 2.07. The minimum absolute atomic E-state index is 0.0436. The lowest BCUT2D eigenvalue weighted by molar-refractivity contribution is -0.275. The Kier molecular flexibility index (Phi) is 5.34. The van der Waals surface area contributed by atoms with Crippen LogP contribution in [0.15, 0.2) is 41.6 Å². The van der Waals surface area contributed by atoms with E-state index in [0.717, 1.165) is 12.1 Å². The maximum Gasteiger partial charge on any atom is 0.435 e. The Hall–Kier alpha value is -2.25. The maximum absolute atomic E-state index is 14.1. The number of benzene rings is 2. The minimum atomic E-state index is -4.80. The van der Waals surface area contributed by atoms with Crippen molar-refractivity contribution in [3.63, 3.8) is 0 Å². The quantitative estimate of drug-likeness (QED) is 0.661. The van der Waals surface area contributed by atoms with Gasteiger partial charge in [0.1, 0.15) is 0 Å². The molecular weight excluding hydrogens is 418 g/mol. The number of nitrogens with zero attached hydrogens (tertiary/aromatic N) is 1. The molecule has 0 radical (unpaired) electrons. The average molecular weight is 432 g/mol. The Morgan fingerprint density at radius 2 is 1.86 bits per heavy atom. The van der Waals surface area contributed by atoms with E-state index in [2.05, 4.69) is 5.16 Å². The second kappa shape index (κ2) is 7.29. The molecule has 0 saturated carbocycles. The Morgan fingerprint density at radius 3 is 2.39 bits per heavy atom. The fourth-order valence-electron chi connectivity index (χ4n) is 3.13. The minimum Gasteiger partial charge on any atom is -0.478 e. The molecule has 3 rings (SSSR count). The molecule has 2 aromatic carbocycles. The SMILES string of the molecule is CCc1cc(C2(C(F)(F)F)CC(c3cc(Cl)cc(Cl)c3)=NO2)ccc1C(=O)O. The number of oxime groups is 1. The Labute approximate surface area is 168 Å². The highest BCUT2D eigenvalue weighted by molar-refractivity contribution is 6.35. The van der Waals surface area contributed by atoms with E-state index >= 15 is 0 Å². The predicted molar refractivity (Wildman–Crippen MR) is 99.2 cm³/mol. The van der Waals surface area contributed by atoms with Crippen molar-refractivity contribution in [2.45, 2.75) is 31.5 Å². The van der Waals surface area contributed by atoms with Crippen LogP contribution in [0.1, 0.15) is 40.4 Å². The summed E-state index contributed by atoms with van der Waals surface area (Å²) in [5, 5.41) is 13.4. The fourth-order valence-corrected chi connectivity index (χ4v) is 3.65. The smallest absolute Gasteiger partial charge is 0.435 e. The van der Waals surface area contributed by atoms with Gasteiger partial charge in [-0.15, -0.1) is 0 Å². The van der Waals surface area contributed by atoms with Gasteiger partial charge in [-0.3, -0.25) is 0 Å². The second-order valence-electron chi connectivity index (χ2n) is 6.32. The topological polar surface area (TPSA) is 58.9 Å². The molecule has 0 aromatic heterocycles. The standard InChI is InChI=1S/C19H14Cl2F3NO3/c1-2-10-5-12(3-4-15(10)17(26)27)18(19(22,23)24)9-16(25-28-18)11-6-13(20)8-14(21)7-11/h3-8H,2,9H2,1H3,(H,26,27). The summed E-state index contributed by atoms with van der Waals surface area (Å²) in [7, 11) is 0. The van der Waals surface area contributed by atoms with Crippen LogP contribution >= 0.6 is 23.2 Å². The molecule has 148 valence electrons. The summed E-state index contributed by atoms with van der Waals surface area (Å²) in [6.45, 7) is 1.66. The lowest BCUT2D eigenvalue weighted by atomic mass is 9.84. The normalized spacial score (nSPS) is 19.3. The maximum atomic E-state index is 14.1. The molecule has 1 N–H and O–H groups in total. The zero-order chi connectivity index (χ0) is 20.7. The first-order chi connectivity index (χ1) is 13.1. The van der Waals surface area contributed by atoms with Crippen LogP contribution in [0.25, 0.3) is 0 Å². The lowest BCUT2D eigenvalue weighted by Gasteiger charge is -2.30. The molecule has 1 heterocycles. The predicted octanol–water partition coefficient (Wildman–Crippen LogP) is 5.84. The van der Waals surface area contributed by atoms with Gasteiger partial charge in [-0.05, 0) is 36.2 Å². The van der Waals surface area contributed by atoms with E-state index in [1.165, 1.54) is 24.3 Å². The van der Waals surface area contributed by atoms with Crippen molar-refractivity contribution in [1.82, 2.24) is 0 Å². The van der Waals surface area contributed by atoms with Crippen molar-refractivity contribution < 1.29 is 27.9 Å². The first-order valence-corrected chi connectivity index (χ1v) is 8.98. The molecule has 0 amide bonds. The highest BCUT2D eigenvalue weighted by Gasteiger charge is 2.62. The summed E-state index contributed by atoms with van der Waals surface area (Å²) in [5.74, 6) is -1.21. The van der Waals surface area contributed by atoms with Crippen LogP contribution < -0.4 is 0 Å². The molecule has 0 aliphatic carbocycles. The third-order valence-corrected chi connectivity index (χ3v) is 5.00. The van der Waals surface area contributed by atoms with Crippen LogP contribution in [-0.4, -0.2) is 23.0 Å². The molecule has 1 aliphatic heterocycles. The van der Waals surface area contributed by atoms with E-state index < -0.39 is 24.2 Å². The largest absolute Gasteiger partial charge is 0.478 e. The van der Waals surface area contributed by atoms with E-state index in [-0.39, 0.29) is 38.9 Å². The molecular formula is C19H14Cl2F3NO3. The molecule has 28 heavy (non-hydrogen) atoms. The first kappa shape index (κ1) is 20.5. The summed E-state index contributed by atoms with van der Waals surface area (Å²) in [5.41, 5.74) is -2.35. The number of rotatable bonds is 4. The lowest BCUT2D eigenvalue weighted by Crippen LogP contribution is -2.42. The average Bonchev–Trinajstić information content (AvgIpc) is 3.07. The third-order valence-electron chi connectivity index (χ3n) is 4.56. The Morgan fingerprint density at radius 1 is 1.21 bits per heavy atom. The van der Waals surface area contributed by atoms with Gasteiger partial charge >= 0.3 is 12.1 Å². The number of carboxylic acid groups (broad SMARTS) is 1. The van der Waals surface area contributed by atoms with E-state index in [0.29, 0.717) is 5.56 Å². The van der Waals surface area contributed by atoms with E-state index in [1.807, 2.05) is 0 Å². The second-order valence-corrected chi connectivity index (χ2v) is 7.19. The van der Waals surface area contributed by atoms with E-state index in [1.54, 1.807) is 6.92 Å². The summed E-state index contributed by atoms with van der Waals surface area (Å²) >= 11 is 11.9. The molecule has 0 bridgehead atoms. The van der Waals surface area contributed by atoms with Crippen molar-refractivity contribution >= 4 is 34.9 Å². The number of aromatic carboxylic acids is 1. The summed E-state index contributed by atoms with van der Waals surface area (Å²) in [6, 6.07) is 7.83. The van der Waals surface area contributed by atoms with Gasteiger partial charge in [-0.25, -0.2) is 4.79 Å². The van der Waals surface area contributed by atoms with Gasteiger partial charge in [0.15, 0.2) is 0 Å². The van der Waals surface area contributed by atoms with E-state index in [4.69, 9.17) is 28.0 Å². The molecule has 1 unspecified atom stereocenters. The van der Waals surface area contributed by atoms with Gasteiger partial charge in [0, 0.05) is 27.6 Å². The van der Waals surface area contributed by atoms with Crippen molar-refractivity contribution in [2.75, 3.05) is 0 Å². The van der Waals surface area contributed by atoms with Gasteiger partial charge < -0.3 is 9.94 Å². The van der Waals surface area contributed by atoms with Crippen LogP contribution in [0.4, 0.5) is 13.2 Å².